The van der Waals surface area contributed by atoms with Gasteiger partial charge in [-0.25, -0.2) is 13.8 Å². The maximum atomic E-state index is 13.8. The molecular formula is C22H28F2N4O. The van der Waals surface area contributed by atoms with Crippen LogP contribution in [0.3, 0.4) is 0 Å². The Kier molecular flexibility index (Phi) is 7.55. The fourth-order valence-corrected chi connectivity index (χ4v) is 3.46. The summed E-state index contributed by atoms with van der Waals surface area (Å²) in [4.78, 5) is 6.53. The van der Waals surface area contributed by atoms with E-state index in [1.165, 1.54) is 11.1 Å². The Labute approximate surface area is 170 Å². The predicted octanol–water partition coefficient (Wildman–Crippen LogP) is 2.44. The third kappa shape index (κ3) is 6.24. The summed E-state index contributed by atoms with van der Waals surface area (Å²) in [6.45, 7) is 5.17. The third-order valence-electron chi connectivity index (χ3n) is 4.94. The lowest BCUT2D eigenvalue weighted by molar-refractivity contribution is 0.108. The highest BCUT2D eigenvalue weighted by Crippen LogP contribution is 2.18. The number of halogens is 2. The lowest BCUT2D eigenvalue weighted by Gasteiger charge is -2.30. The Morgan fingerprint density at radius 2 is 1.97 bits per heavy atom. The molecule has 29 heavy (non-hydrogen) atoms. The summed E-state index contributed by atoms with van der Waals surface area (Å²) >= 11 is 0. The van der Waals surface area contributed by atoms with Crippen LogP contribution in [-0.2, 0) is 19.5 Å². The minimum absolute atomic E-state index is 0.0118. The summed E-state index contributed by atoms with van der Waals surface area (Å²) in [7, 11) is 0. The van der Waals surface area contributed by atoms with Gasteiger partial charge in [-0.3, -0.25) is 4.90 Å². The monoisotopic (exact) mass is 402 g/mol. The van der Waals surface area contributed by atoms with E-state index in [1.807, 2.05) is 13.0 Å². The molecule has 0 amide bonds. The molecule has 0 aromatic heterocycles. The van der Waals surface area contributed by atoms with E-state index in [-0.39, 0.29) is 12.1 Å². The number of fused-ring (bicyclic) bond motifs is 1. The van der Waals surface area contributed by atoms with Crippen molar-refractivity contribution < 1.29 is 13.9 Å². The van der Waals surface area contributed by atoms with Gasteiger partial charge < -0.3 is 15.7 Å². The van der Waals surface area contributed by atoms with Crippen LogP contribution in [0.2, 0.25) is 0 Å². The molecule has 0 aliphatic carbocycles. The van der Waals surface area contributed by atoms with Crippen LogP contribution in [0.5, 0.6) is 0 Å². The Hall–Kier alpha value is -2.51. The minimum atomic E-state index is -0.574. The molecule has 1 heterocycles. The molecule has 0 spiro atoms. The van der Waals surface area contributed by atoms with E-state index in [9.17, 15) is 13.9 Å². The molecule has 2 aromatic rings. The fourth-order valence-electron chi connectivity index (χ4n) is 3.46. The maximum absolute atomic E-state index is 13.8. The highest BCUT2D eigenvalue weighted by atomic mass is 19.1. The predicted molar refractivity (Wildman–Crippen MR) is 111 cm³/mol. The van der Waals surface area contributed by atoms with Gasteiger partial charge in [0.2, 0.25) is 0 Å². The third-order valence-corrected chi connectivity index (χ3v) is 4.94. The van der Waals surface area contributed by atoms with Gasteiger partial charge in [-0.05, 0) is 42.7 Å². The molecule has 7 heteroatoms. The lowest BCUT2D eigenvalue weighted by Crippen LogP contribution is -2.45. The van der Waals surface area contributed by atoms with Gasteiger partial charge in [0.15, 0.2) is 5.96 Å². The van der Waals surface area contributed by atoms with Gasteiger partial charge in [-0.1, -0.05) is 24.3 Å². The van der Waals surface area contributed by atoms with Crippen molar-refractivity contribution in [2.75, 3.05) is 26.2 Å². The molecule has 0 saturated carbocycles. The highest BCUT2D eigenvalue weighted by molar-refractivity contribution is 5.79. The zero-order valence-corrected chi connectivity index (χ0v) is 16.7. The minimum Gasteiger partial charge on any atom is -0.390 e. The van der Waals surface area contributed by atoms with Crippen LogP contribution in [-0.4, -0.2) is 48.2 Å². The maximum Gasteiger partial charge on any atom is 0.191 e. The van der Waals surface area contributed by atoms with Crippen molar-refractivity contribution in [1.29, 1.82) is 0 Å². The van der Waals surface area contributed by atoms with Crippen molar-refractivity contribution in [3.8, 4) is 0 Å². The van der Waals surface area contributed by atoms with Crippen LogP contribution in [0.15, 0.2) is 47.5 Å². The zero-order chi connectivity index (χ0) is 20.6. The Morgan fingerprint density at radius 1 is 1.17 bits per heavy atom. The van der Waals surface area contributed by atoms with Crippen LogP contribution in [0.4, 0.5) is 8.78 Å². The number of nitrogens with zero attached hydrogens (tertiary/aromatic N) is 2. The Morgan fingerprint density at radius 3 is 2.76 bits per heavy atom. The molecule has 1 atom stereocenters. The second-order valence-electron chi connectivity index (χ2n) is 7.22. The van der Waals surface area contributed by atoms with E-state index in [0.717, 1.165) is 37.7 Å². The SMILES string of the molecule is CCNC(=NCc1cc(F)ccc1F)NCC(O)CN1CCc2ccccc2C1. The number of guanidine groups is 1. The second-order valence-corrected chi connectivity index (χ2v) is 7.22. The van der Waals surface area contributed by atoms with Gasteiger partial charge in [0.1, 0.15) is 11.6 Å². The molecule has 3 N–H and O–H groups in total. The number of aliphatic imine (C=N–C) groups is 1. The molecule has 3 rings (SSSR count). The van der Waals surface area contributed by atoms with Crippen LogP contribution in [0, 0.1) is 11.6 Å². The quantitative estimate of drug-likeness (QED) is 0.492. The smallest absolute Gasteiger partial charge is 0.191 e. The first-order valence-electron chi connectivity index (χ1n) is 9.98. The van der Waals surface area contributed by atoms with Crippen molar-refractivity contribution in [2.45, 2.75) is 32.5 Å². The summed E-state index contributed by atoms with van der Waals surface area (Å²) in [5, 5.41) is 16.6. The van der Waals surface area contributed by atoms with Crippen LogP contribution < -0.4 is 10.6 Å². The largest absolute Gasteiger partial charge is 0.390 e. The number of aliphatic hydroxyl groups is 1. The van der Waals surface area contributed by atoms with E-state index in [1.54, 1.807) is 0 Å². The van der Waals surface area contributed by atoms with Crippen LogP contribution >= 0.6 is 0 Å². The van der Waals surface area contributed by atoms with Crippen molar-refractivity contribution in [1.82, 2.24) is 15.5 Å². The van der Waals surface area contributed by atoms with Crippen LogP contribution in [0.1, 0.15) is 23.6 Å². The molecule has 0 bridgehead atoms. The number of hydrogen-bond acceptors (Lipinski definition) is 3. The summed E-state index contributed by atoms with van der Waals surface area (Å²) in [6.07, 6.45) is 0.412. The lowest BCUT2D eigenvalue weighted by atomic mass is 10.00. The Balaban J connectivity index is 1.51. The van der Waals surface area contributed by atoms with Crippen molar-refractivity contribution in [3.63, 3.8) is 0 Å². The molecule has 0 fully saturated rings. The molecule has 156 valence electrons. The average molecular weight is 402 g/mol. The van der Waals surface area contributed by atoms with Crippen LogP contribution in [0.25, 0.3) is 0 Å². The number of rotatable bonds is 7. The molecule has 1 aliphatic rings. The zero-order valence-electron chi connectivity index (χ0n) is 16.7. The first kappa shape index (κ1) is 21.2. The number of β-amino-alcohol motifs (C(OH)–C–C–N with tert-alkyl or cyclic N) is 1. The summed E-state index contributed by atoms with van der Waals surface area (Å²) in [5.41, 5.74) is 2.88. The molecule has 0 saturated heterocycles. The van der Waals surface area contributed by atoms with Gasteiger partial charge in [0, 0.05) is 38.3 Å². The molecule has 1 aliphatic heterocycles. The summed E-state index contributed by atoms with van der Waals surface area (Å²) < 4.78 is 27.1. The number of hydrogen-bond donors (Lipinski definition) is 3. The van der Waals surface area contributed by atoms with E-state index in [0.29, 0.717) is 25.6 Å². The average Bonchev–Trinajstić information content (AvgIpc) is 2.72. The van der Waals surface area contributed by atoms with E-state index in [4.69, 9.17) is 0 Å². The first-order chi connectivity index (χ1) is 14.0. The number of benzene rings is 2. The summed E-state index contributed by atoms with van der Waals surface area (Å²) in [6, 6.07) is 11.7. The molecule has 1 unspecified atom stereocenters. The standard InChI is InChI=1S/C22H28F2N4O/c1-2-25-22(26-12-18-11-19(23)7-8-21(18)24)27-13-20(29)15-28-10-9-16-5-3-4-6-17(16)14-28/h3-8,11,20,29H,2,9-10,12-15H2,1H3,(H2,25,26,27). The normalized spacial score (nSPS) is 15.7. The Bertz CT molecular complexity index is 843. The van der Waals surface area contributed by atoms with Crippen molar-refractivity contribution in [2.24, 2.45) is 4.99 Å². The molecule has 2 aromatic carbocycles. The van der Waals surface area contributed by atoms with Crippen molar-refractivity contribution in [3.05, 3.63) is 70.8 Å². The van der Waals surface area contributed by atoms with Gasteiger partial charge >= 0.3 is 0 Å². The van der Waals surface area contributed by atoms with E-state index < -0.39 is 17.7 Å². The van der Waals surface area contributed by atoms with Gasteiger partial charge in [0.25, 0.3) is 0 Å². The van der Waals surface area contributed by atoms with Gasteiger partial charge in [0.05, 0.1) is 12.6 Å². The fraction of sp³-hybridized carbons (Fsp3) is 0.409. The highest BCUT2D eigenvalue weighted by Gasteiger charge is 2.18. The second kappa shape index (κ2) is 10.3. The summed E-state index contributed by atoms with van der Waals surface area (Å²) in [5.74, 6) is -0.524. The topological polar surface area (TPSA) is 59.9 Å². The van der Waals surface area contributed by atoms with E-state index in [2.05, 4.69) is 38.7 Å². The first-order valence-corrected chi connectivity index (χ1v) is 9.98. The number of aliphatic hydroxyl groups excluding tert-OH is 1. The van der Waals surface area contributed by atoms with Gasteiger partial charge in [-0.2, -0.15) is 0 Å². The molecule has 5 nitrogen and oxygen atoms in total. The molecular weight excluding hydrogens is 374 g/mol. The molecule has 0 radical (unpaired) electrons. The van der Waals surface area contributed by atoms with E-state index >= 15 is 0 Å². The van der Waals surface area contributed by atoms with Crippen molar-refractivity contribution >= 4 is 5.96 Å². The number of nitrogens with one attached hydrogen (secondary N) is 2. The van der Waals surface area contributed by atoms with Gasteiger partial charge in [-0.15, -0.1) is 0 Å².